The molecule has 1 aromatic carbocycles. The minimum Gasteiger partial charge on any atom is -0.367 e. The van der Waals surface area contributed by atoms with E-state index in [1.165, 1.54) is 17.8 Å². The molecule has 1 aromatic heterocycles. The van der Waals surface area contributed by atoms with Gasteiger partial charge in [0.2, 0.25) is 0 Å². The van der Waals surface area contributed by atoms with Gasteiger partial charge < -0.3 is 5.32 Å². The second kappa shape index (κ2) is 8.24. The fourth-order valence-electron chi connectivity index (χ4n) is 2.69. The van der Waals surface area contributed by atoms with Gasteiger partial charge in [0.05, 0.1) is 12.7 Å². The Kier molecular flexibility index (Phi) is 5.79. The van der Waals surface area contributed by atoms with Crippen LogP contribution in [0, 0.1) is 11.3 Å². The highest BCUT2D eigenvalue weighted by molar-refractivity contribution is 7.96. The number of anilines is 2. The summed E-state index contributed by atoms with van der Waals surface area (Å²) >= 11 is 1.33. The lowest BCUT2D eigenvalue weighted by atomic mass is 9.78. The van der Waals surface area contributed by atoms with Crippen LogP contribution >= 0.6 is 12.2 Å². The van der Waals surface area contributed by atoms with Gasteiger partial charge in [0.1, 0.15) is 17.8 Å². The van der Waals surface area contributed by atoms with Crippen molar-refractivity contribution in [3.05, 3.63) is 54.4 Å². The van der Waals surface area contributed by atoms with Gasteiger partial charge in [-0.3, -0.25) is 13.5 Å². The maximum atomic E-state index is 9.30. The first kappa shape index (κ1) is 17.6. The largest absolute Gasteiger partial charge is 0.367 e. The molecule has 0 atom stereocenters. The maximum Gasteiger partial charge on any atom is 0.125 e. The van der Waals surface area contributed by atoms with Crippen LogP contribution in [0.3, 0.4) is 0 Å². The Bertz CT molecular complexity index is 710. The van der Waals surface area contributed by atoms with Crippen molar-refractivity contribution in [1.29, 1.82) is 5.26 Å². The average Bonchev–Trinajstić information content (AvgIpc) is 2.63. The molecule has 1 heterocycles. The molecule has 1 aliphatic rings. The van der Waals surface area contributed by atoms with Gasteiger partial charge in [-0.15, -0.1) is 0 Å². The van der Waals surface area contributed by atoms with E-state index in [1.807, 2.05) is 47.8 Å². The molecule has 0 spiro atoms. The van der Waals surface area contributed by atoms with Crippen LogP contribution in [0.15, 0.2) is 48.8 Å². The summed E-state index contributed by atoms with van der Waals surface area (Å²) in [5, 5.41) is 12.7. The minimum atomic E-state index is -0.363. The van der Waals surface area contributed by atoms with Crippen LogP contribution in [0.25, 0.3) is 0 Å². The molecule has 0 saturated heterocycles. The van der Waals surface area contributed by atoms with Crippen molar-refractivity contribution < 1.29 is 4.18 Å². The molecule has 0 amide bonds. The van der Waals surface area contributed by atoms with Crippen LogP contribution in [-0.4, -0.2) is 24.2 Å². The van der Waals surface area contributed by atoms with E-state index in [9.17, 15) is 5.26 Å². The molecule has 130 valence electrons. The third kappa shape index (κ3) is 4.65. The highest BCUT2D eigenvalue weighted by Crippen LogP contribution is 2.35. The van der Waals surface area contributed by atoms with E-state index in [0.717, 1.165) is 37.1 Å². The zero-order chi connectivity index (χ0) is 17.5. The zero-order valence-electron chi connectivity index (χ0n) is 14.3. The van der Waals surface area contributed by atoms with Gasteiger partial charge >= 0.3 is 0 Å². The monoisotopic (exact) mass is 354 g/mol. The Balaban J connectivity index is 1.44. The molecule has 0 unspecified atom stereocenters. The fraction of sp³-hybridized carbons (Fsp3) is 0.368. The smallest absolute Gasteiger partial charge is 0.125 e. The van der Waals surface area contributed by atoms with Gasteiger partial charge in [-0.2, -0.15) is 5.26 Å². The van der Waals surface area contributed by atoms with E-state index in [2.05, 4.69) is 16.4 Å². The second-order valence-corrected chi connectivity index (χ2v) is 7.15. The molecule has 0 aliphatic heterocycles. The number of hydrogen-bond donors (Lipinski definition) is 1. The number of benzene rings is 1. The number of nitrogens with one attached hydrogen (secondary N) is 1. The fourth-order valence-corrected chi connectivity index (χ4v) is 3.22. The van der Waals surface area contributed by atoms with E-state index in [-0.39, 0.29) is 5.54 Å². The lowest BCUT2D eigenvalue weighted by Gasteiger charge is -2.36. The standard InChI is InChI=1S/C19H22N4OS/c1-23(25-24-14-9-16-7-12-21-13-8-16)18-5-3-17(4-6-18)22-19(15-20)10-2-11-19/h3-8,12-13,22H,2,9-11,14H2,1H3. The lowest BCUT2D eigenvalue weighted by Crippen LogP contribution is -2.43. The van der Waals surface area contributed by atoms with Gasteiger partial charge in [0, 0.05) is 30.8 Å². The van der Waals surface area contributed by atoms with Gasteiger partial charge in [0.15, 0.2) is 0 Å². The first-order chi connectivity index (χ1) is 12.2. The van der Waals surface area contributed by atoms with E-state index < -0.39 is 0 Å². The van der Waals surface area contributed by atoms with Gasteiger partial charge in [-0.05, 0) is 67.6 Å². The number of nitrogens with zero attached hydrogens (tertiary/aromatic N) is 3. The van der Waals surface area contributed by atoms with Crippen molar-refractivity contribution in [2.45, 2.75) is 31.2 Å². The summed E-state index contributed by atoms with van der Waals surface area (Å²) in [5.74, 6) is 0. The van der Waals surface area contributed by atoms with Crippen molar-refractivity contribution >= 4 is 23.6 Å². The summed E-state index contributed by atoms with van der Waals surface area (Å²) in [7, 11) is 1.97. The van der Waals surface area contributed by atoms with Crippen molar-refractivity contribution in [2.24, 2.45) is 0 Å². The van der Waals surface area contributed by atoms with Crippen LogP contribution in [0.5, 0.6) is 0 Å². The number of nitriles is 1. The number of hydrogen-bond acceptors (Lipinski definition) is 6. The molecule has 2 aromatic rings. The maximum absolute atomic E-state index is 9.30. The van der Waals surface area contributed by atoms with E-state index >= 15 is 0 Å². The molecule has 1 fully saturated rings. The molecular weight excluding hydrogens is 332 g/mol. The molecule has 0 radical (unpaired) electrons. The predicted octanol–water partition coefficient (Wildman–Crippen LogP) is 4.20. The topological polar surface area (TPSA) is 61.2 Å². The van der Waals surface area contributed by atoms with Crippen molar-refractivity contribution in [2.75, 3.05) is 23.3 Å². The van der Waals surface area contributed by atoms with Crippen LogP contribution in [-0.2, 0) is 10.6 Å². The Morgan fingerprint density at radius 3 is 2.56 bits per heavy atom. The van der Waals surface area contributed by atoms with Gasteiger partial charge in [-0.25, -0.2) is 0 Å². The van der Waals surface area contributed by atoms with Gasteiger partial charge in [0.25, 0.3) is 0 Å². The molecule has 1 aliphatic carbocycles. The molecule has 1 N–H and O–H groups in total. The quantitative estimate of drug-likeness (QED) is 0.435. The number of rotatable bonds is 8. The van der Waals surface area contributed by atoms with Crippen LogP contribution < -0.4 is 9.62 Å². The molecule has 5 nitrogen and oxygen atoms in total. The summed E-state index contributed by atoms with van der Waals surface area (Å²) in [6.45, 7) is 0.642. The first-order valence-electron chi connectivity index (χ1n) is 8.42. The van der Waals surface area contributed by atoms with Crippen molar-refractivity contribution in [1.82, 2.24) is 4.98 Å². The van der Waals surface area contributed by atoms with Crippen molar-refractivity contribution in [3.8, 4) is 6.07 Å². The van der Waals surface area contributed by atoms with E-state index in [4.69, 9.17) is 4.18 Å². The minimum absolute atomic E-state index is 0.363. The SMILES string of the molecule is CN(SOCCc1ccncc1)c1ccc(NC2(C#N)CCC2)cc1. The van der Waals surface area contributed by atoms with Crippen LogP contribution in [0.2, 0.25) is 0 Å². The molecule has 3 rings (SSSR count). The predicted molar refractivity (Wildman–Crippen MR) is 102 cm³/mol. The normalized spacial score (nSPS) is 15.0. The Morgan fingerprint density at radius 2 is 1.96 bits per heavy atom. The average molecular weight is 354 g/mol. The third-order valence-corrected chi connectivity index (χ3v) is 5.13. The van der Waals surface area contributed by atoms with E-state index in [0.29, 0.717) is 6.61 Å². The number of aromatic nitrogens is 1. The highest BCUT2D eigenvalue weighted by atomic mass is 32.2. The van der Waals surface area contributed by atoms with Crippen molar-refractivity contribution in [3.63, 3.8) is 0 Å². The lowest BCUT2D eigenvalue weighted by molar-refractivity contribution is 0.356. The van der Waals surface area contributed by atoms with E-state index in [1.54, 1.807) is 12.4 Å². The second-order valence-electron chi connectivity index (χ2n) is 6.22. The van der Waals surface area contributed by atoms with Crippen LogP contribution in [0.1, 0.15) is 24.8 Å². The molecular formula is C19H22N4OS. The summed E-state index contributed by atoms with van der Waals surface area (Å²) in [6, 6.07) is 14.5. The molecule has 1 saturated carbocycles. The van der Waals surface area contributed by atoms with Crippen LogP contribution in [0.4, 0.5) is 11.4 Å². The van der Waals surface area contributed by atoms with Gasteiger partial charge in [-0.1, -0.05) is 0 Å². The summed E-state index contributed by atoms with van der Waals surface area (Å²) < 4.78 is 7.66. The first-order valence-corrected chi connectivity index (χ1v) is 9.12. The Morgan fingerprint density at radius 1 is 1.24 bits per heavy atom. The summed E-state index contributed by atoms with van der Waals surface area (Å²) in [5.41, 5.74) is 2.90. The molecule has 25 heavy (non-hydrogen) atoms. The Labute approximate surface area is 153 Å². The number of pyridine rings is 1. The highest BCUT2D eigenvalue weighted by Gasteiger charge is 2.36. The molecule has 0 bridgehead atoms. The zero-order valence-corrected chi connectivity index (χ0v) is 15.1. The Hall–Kier alpha value is -2.23. The molecule has 6 heteroatoms. The third-order valence-electron chi connectivity index (χ3n) is 4.42. The summed E-state index contributed by atoms with van der Waals surface area (Å²) in [4.78, 5) is 4.01. The summed E-state index contributed by atoms with van der Waals surface area (Å²) in [6.07, 6.45) is 7.42.